The van der Waals surface area contributed by atoms with Gasteiger partial charge >= 0.3 is 11.9 Å². The highest BCUT2D eigenvalue weighted by Gasteiger charge is 2.54. The summed E-state index contributed by atoms with van der Waals surface area (Å²) in [6, 6.07) is 4.98. The number of guanidine groups is 2. The molecule has 1 aliphatic carbocycles. The zero-order chi connectivity index (χ0) is 90.1. The largest absolute Gasteiger partial charge is 0.494 e. The van der Waals surface area contributed by atoms with Crippen molar-refractivity contribution < 1.29 is 96.1 Å². The third kappa shape index (κ3) is 27.7. The highest BCUT2D eigenvalue weighted by atomic mass is 32.2. The number of unbranched alkanes of at least 4 members (excludes halogenated alkanes) is 3. The number of carbonyl (C=O) groups is 11. The minimum atomic E-state index is -1.43. The Bertz CT molecular complexity index is 4510. The van der Waals surface area contributed by atoms with Crippen LogP contribution in [0, 0.1) is 22.7 Å². The monoisotopic (exact) mass is 1770 g/mol. The predicted octanol–water partition coefficient (Wildman–Crippen LogP) is -0.542. The number of aromatic amines is 1. The molecule has 680 valence electrons. The molecule has 2 aromatic heterocycles. The Labute approximate surface area is 725 Å². The van der Waals surface area contributed by atoms with Crippen molar-refractivity contribution in [3.8, 4) is 40.5 Å². The van der Waals surface area contributed by atoms with Gasteiger partial charge in [-0.15, -0.1) is 11.8 Å². The topological polar surface area (TPSA) is 664 Å². The van der Waals surface area contributed by atoms with E-state index in [1.165, 1.54) is 39.2 Å². The van der Waals surface area contributed by atoms with Crippen LogP contribution in [0.5, 0.6) is 40.5 Å². The van der Waals surface area contributed by atoms with Gasteiger partial charge in [-0.2, -0.15) is 11.8 Å². The molecule has 0 unspecified atom stereocenters. The number of nitrogens with one attached hydrogen (secondary N) is 13. The number of carbonyl (C=O) groups excluding carboxylic acids is 11. The average Bonchev–Trinajstić information content (AvgIpc) is 1.46. The fourth-order valence-electron chi connectivity index (χ4n) is 14.9. The number of methoxy groups -OCH3 is 3. The van der Waals surface area contributed by atoms with Crippen molar-refractivity contribution in [2.45, 2.75) is 181 Å². The number of nitrogens with two attached hydrogens (primary N) is 7. The number of primary amides is 1. The number of esters is 2. The van der Waals surface area contributed by atoms with Crippen molar-refractivity contribution in [3.63, 3.8) is 0 Å². The number of amides is 9. The van der Waals surface area contributed by atoms with E-state index >= 15 is 0 Å². The van der Waals surface area contributed by atoms with Crippen LogP contribution < -0.4 is 117 Å². The van der Waals surface area contributed by atoms with E-state index in [9.17, 15) is 63.0 Å². The third-order valence-corrected chi connectivity index (χ3v) is 23.2. The van der Waals surface area contributed by atoms with Crippen LogP contribution in [0.3, 0.4) is 0 Å². The summed E-state index contributed by atoms with van der Waals surface area (Å²) >= 11 is 2.25. The maximum atomic E-state index is 14.9. The standard InChI is InChI=1S/C81H119N21O20S2/c1-116-60-34-43(35-61(117-2)69(60)118-3)66-46-36-58-59(121-42-120-58)37-47(46)68(48-40-119-79(115)67(48)66)122-65(105)23-31-102-64(104)38-62(78(102)114)124-41-49(85)71(107)91-30-22-63(103)95-52(20-13-28-92-80(87)88)72(108)98-55(21-14-29-93-81(89)90)74(110)100-56(24-32-123-4)76(112)97-54(19-9-12-27-84)75(111)101-57(33-44-39-94-50-16-6-5-15-45(44)50)77(113)99-53(18-8-11-26-83)73(109)96-51(70(86)106)17-7-10-25-82/h5-6,15-16,34-39,48-49,51-57,66-68,94,104,114H,7-14,17-33,40-42,82-85H2,1-4H3,(H2,86,106)(H,91,107)(H,95,103)(H,96,109)(H,97,112)(H,98,108)(H,99,113)(H,100,110)(H,101,111)(H4,87,88,92)(H4,89,90,93)/t48-,49-,51+,52+,53+,54+,55+,56+,57+,66+,67-,68-/m0/s1. The molecular weight excluding hydrogens is 1650 g/mol. The summed E-state index contributed by atoms with van der Waals surface area (Å²) in [7, 11) is 4.41. The van der Waals surface area contributed by atoms with E-state index in [4.69, 9.17) is 84.1 Å². The molecule has 5 aromatic rings. The number of cyclic esters (lactones) is 1. The maximum Gasteiger partial charge on any atom is 0.310 e. The van der Waals surface area contributed by atoms with Crippen molar-refractivity contribution in [2.75, 3.05) is 91.8 Å². The van der Waals surface area contributed by atoms with Crippen LogP contribution in [0.2, 0.25) is 0 Å². The number of thioether (sulfide) groups is 2. The summed E-state index contributed by atoms with van der Waals surface area (Å²) in [6.45, 7) is 0.248. The first-order valence-corrected chi connectivity index (χ1v) is 43.5. The Morgan fingerprint density at radius 3 is 1.64 bits per heavy atom. The number of H-pyrrole nitrogens is 1. The lowest BCUT2D eigenvalue weighted by Crippen LogP contribution is -2.60. The van der Waals surface area contributed by atoms with Crippen LogP contribution in [0.1, 0.15) is 137 Å². The van der Waals surface area contributed by atoms with Gasteiger partial charge in [-0.05, 0) is 169 Å². The molecule has 2 aliphatic heterocycles. The van der Waals surface area contributed by atoms with Crippen molar-refractivity contribution in [1.29, 1.82) is 10.8 Å². The number of fused-ring (bicyclic) bond motifs is 4. The number of nitrogens with zero attached hydrogens (tertiary/aromatic N) is 1. The Morgan fingerprint density at radius 1 is 0.597 bits per heavy atom. The fraction of sp³-hybridized carbons (Fsp3) is 0.543. The first-order chi connectivity index (χ1) is 59.6. The van der Waals surface area contributed by atoms with Crippen LogP contribution in [0.4, 0.5) is 0 Å². The quantitative estimate of drug-likeness (QED) is 0.00764. The second kappa shape index (κ2) is 49.0. The highest BCUT2D eigenvalue weighted by molar-refractivity contribution is 7.99. The van der Waals surface area contributed by atoms with Gasteiger partial charge in [0.1, 0.15) is 48.4 Å². The molecule has 8 rings (SSSR count). The Hall–Kier alpha value is -11.7. The molecule has 0 saturated carbocycles. The molecule has 9 amide bonds. The normalized spacial score (nSPS) is 16.8. The zero-order valence-corrected chi connectivity index (χ0v) is 71.7. The number of hydrogen-bond acceptors (Lipinski definition) is 28. The molecule has 3 aliphatic rings. The van der Waals surface area contributed by atoms with Gasteiger partial charge in [-0.3, -0.25) is 68.1 Å². The number of aromatic nitrogens is 2. The number of benzene rings is 3. The molecule has 29 N–H and O–H groups in total. The highest BCUT2D eigenvalue weighted by Crippen LogP contribution is 2.57. The Kier molecular flexibility index (Phi) is 38.6. The predicted molar refractivity (Wildman–Crippen MR) is 461 cm³/mol. The molecule has 41 nitrogen and oxygen atoms in total. The number of aromatic hydroxyl groups is 2. The molecule has 1 fully saturated rings. The molecule has 1 saturated heterocycles. The summed E-state index contributed by atoms with van der Waals surface area (Å²) in [5, 5.41) is 65.7. The first-order valence-electron chi connectivity index (χ1n) is 41.1. The summed E-state index contributed by atoms with van der Waals surface area (Å²) in [5.41, 5.74) is 43.7. The zero-order valence-electron chi connectivity index (χ0n) is 70.0. The van der Waals surface area contributed by atoms with Gasteiger partial charge < -0.3 is 142 Å². The van der Waals surface area contributed by atoms with E-state index < -0.39 is 155 Å². The van der Waals surface area contributed by atoms with Gasteiger partial charge in [0.2, 0.25) is 71.6 Å². The lowest BCUT2D eigenvalue weighted by Gasteiger charge is -2.38. The summed E-state index contributed by atoms with van der Waals surface area (Å²) in [5.74, 6) is -10.2. The molecular formula is C81H119N21O20S2. The van der Waals surface area contributed by atoms with Crippen molar-refractivity contribution in [1.82, 2.24) is 62.7 Å². The molecule has 0 radical (unpaired) electrons. The van der Waals surface area contributed by atoms with E-state index in [0.717, 1.165) is 27.2 Å². The fourth-order valence-corrected chi connectivity index (χ4v) is 16.3. The molecule has 124 heavy (non-hydrogen) atoms. The van der Waals surface area contributed by atoms with Gasteiger partial charge in [-0.1, -0.05) is 18.2 Å². The van der Waals surface area contributed by atoms with E-state index in [2.05, 4.69) is 58.2 Å². The summed E-state index contributed by atoms with van der Waals surface area (Å²) < 4.78 is 41.4. The molecule has 43 heteroatoms. The lowest BCUT2D eigenvalue weighted by atomic mass is 9.66. The number of ether oxygens (including phenoxy) is 7. The number of rotatable bonds is 54. The third-order valence-electron chi connectivity index (χ3n) is 21.4. The second-order valence-electron chi connectivity index (χ2n) is 30.1. The number of hydrogen-bond donors (Lipinski definition) is 22. The SMILES string of the molecule is COc1cc([C@@H]2c3cc4c(cc3[C@H](OC(=O)CCn3c(O)cc(SC[C@H](N)C(=O)NCCC(=O)N[C@H](CCCNC(=N)N)C(=O)N[C@H](CCCNC(=N)N)C(=O)N[C@H](CCSC)C(=O)N[C@H](CCCCN)C(=O)N[C@H](Cc5c[nH]c6ccccc56)C(=O)N[C@H](CCCCN)C(=O)N[C@H](CCCCN)C(N)=O)c3O)[C@H]3COC(=O)[C@H]23)OCO4)cc(OC)c1OC. The minimum Gasteiger partial charge on any atom is -0.494 e. The van der Waals surface area contributed by atoms with E-state index in [-0.39, 0.29) is 139 Å². The van der Waals surface area contributed by atoms with Gasteiger partial charge in [-0.25, -0.2) is 0 Å². The van der Waals surface area contributed by atoms with Crippen LogP contribution in [0.25, 0.3) is 10.9 Å². The average molecular weight is 1770 g/mol. The minimum absolute atomic E-state index is 0.0000116. The van der Waals surface area contributed by atoms with Gasteiger partial charge in [0, 0.05) is 85.3 Å². The second-order valence-corrected chi connectivity index (χ2v) is 32.2. The molecule has 0 bridgehead atoms. The van der Waals surface area contributed by atoms with Crippen LogP contribution in [-0.2, 0) is 75.2 Å². The van der Waals surface area contributed by atoms with Crippen LogP contribution >= 0.6 is 23.5 Å². The van der Waals surface area contributed by atoms with Crippen LogP contribution in [-0.4, -0.2) is 237 Å². The summed E-state index contributed by atoms with van der Waals surface area (Å²) in [4.78, 5) is 159. The molecule has 4 heterocycles. The van der Waals surface area contributed by atoms with Crippen molar-refractivity contribution in [3.05, 3.63) is 83.0 Å². The molecule has 12 atom stereocenters. The Morgan fingerprint density at radius 2 is 1.10 bits per heavy atom. The summed E-state index contributed by atoms with van der Waals surface area (Å²) in [6.07, 6.45) is 4.56. The first kappa shape index (κ1) is 97.8. The Balaban J connectivity index is 0.899. The number of para-hydroxylation sites is 1. The van der Waals surface area contributed by atoms with E-state index in [1.807, 2.05) is 18.2 Å². The lowest BCUT2D eigenvalue weighted by molar-refractivity contribution is -0.155. The van der Waals surface area contributed by atoms with E-state index in [0.29, 0.717) is 102 Å². The molecule has 3 aromatic carbocycles. The smallest absolute Gasteiger partial charge is 0.310 e. The van der Waals surface area contributed by atoms with Crippen molar-refractivity contribution >= 4 is 111 Å². The van der Waals surface area contributed by atoms with Gasteiger partial charge in [0.05, 0.1) is 51.2 Å². The van der Waals surface area contributed by atoms with E-state index in [1.54, 1.807) is 42.8 Å². The molecule has 0 spiro atoms. The van der Waals surface area contributed by atoms with Crippen LogP contribution in [0.15, 0.2) is 65.7 Å². The van der Waals surface area contributed by atoms with Gasteiger partial charge in [0.25, 0.3) is 0 Å². The van der Waals surface area contributed by atoms with Crippen molar-refractivity contribution in [2.24, 2.45) is 52.0 Å². The van der Waals surface area contributed by atoms with Gasteiger partial charge in [0.15, 0.2) is 40.8 Å². The maximum absolute atomic E-state index is 14.9.